The van der Waals surface area contributed by atoms with Gasteiger partial charge in [0.1, 0.15) is 6.10 Å². The van der Waals surface area contributed by atoms with E-state index in [9.17, 15) is 4.79 Å². The van der Waals surface area contributed by atoms with Crippen LogP contribution in [0.1, 0.15) is 106 Å². The van der Waals surface area contributed by atoms with Crippen molar-refractivity contribution in [3.63, 3.8) is 0 Å². The van der Waals surface area contributed by atoms with Gasteiger partial charge in [0, 0.05) is 6.92 Å². The minimum atomic E-state index is -0.118. The van der Waals surface area contributed by atoms with Crippen LogP contribution in [-0.2, 0) is 9.53 Å². The second-order valence-corrected chi connectivity index (χ2v) is 12.8. The van der Waals surface area contributed by atoms with Gasteiger partial charge in [0.05, 0.1) is 0 Å². The zero-order valence-electron chi connectivity index (χ0n) is 22.4. The van der Waals surface area contributed by atoms with Crippen LogP contribution in [-0.4, -0.2) is 12.1 Å². The SMILES string of the molecule is C=C(CCC(C)C1CC=C2C3=C(CCC21C)C1(C)CCC(OC(C)=O)C(C)C1CC3)C(C)C. The Bertz CT molecular complexity index is 860. The molecule has 0 aromatic rings. The van der Waals surface area contributed by atoms with E-state index in [1.807, 2.05) is 0 Å². The molecule has 0 bridgehead atoms. The molecule has 1 fully saturated rings. The first-order valence-corrected chi connectivity index (χ1v) is 13.8. The molecule has 184 valence electrons. The summed E-state index contributed by atoms with van der Waals surface area (Å²) in [4.78, 5) is 11.6. The molecule has 4 aliphatic rings. The van der Waals surface area contributed by atoms with Crippen LogP contribution in [0.15, 0.2) is 34.9 Å². The highest BCUT2D eigenvalue weighted by atomic mass is 16.5. The Morgan fingerprint density at radius 3 is 2.55 bits per heavy atom. The van der Waals surface area contributed by atoms with Crippen molar-refractivity contribution in [1.82, 2.24) is 0 Å². The third kappa shape index (κ3) is 4.19. The van der Waals surface area contributed by atoms with Crippen LogP contribution in [0, 0.1) is 40.4 Å². The van der Waals surface area contributed by atoms with Gasteiger partial charge in [0.25, 0.3) is 0 Å². The van der Waals surface area contributed by atoms with E-state index in [-0.39, 0.29) is 17.5 Å². The molecule has 0 aromatic carbocycles. The predicted molar refractivity (Wildman–Crippen MR) is 138 cm³/mol. The number of esters is 1. The molecule has 0 aliphatic heterocycles. The summed E-state index contributed by atoms with van der Waals surface area (Å²) in [6.45, 7) is 20.4. The van der Waals surface area contributed by atoms with Gasteiger partial charge in [-0.1, -0.05) is 65.3 Å². The van der Waals surface area contributed by atoms with Crippen LogP contribution in [0.2, 0.25) is 0 Å². The molecule has 0 radical (unpaired) electrons. The molecule has 7 unspecified atom stereocenters. The fraction of sp³-hybridized carbons (Fsp3) is 0.774. The van der Waals surface area contributed by atoms with Crippen LogP contribution < -0.4 is 0 Å². The van der Waals surface area contributed by atoms with E-state index >= 15 is 0 Å². The van der Waals surface area contributed by atoms with Gasteiger partial charge in [0.2, 0.25) is 0 Å². The summed E-state index contributed by atoms with van der Waals surface area (Å²) in [5, 5.41) is 0. The fourth-order valence-electron chi connectivity index (χ4n) is 8.47. The maximum absolute atomic E-state index is 11.6. The minimum absolute atomic E-state index is 0.105. The lowest BCUT2D eigenvalue weighted by molar-refractivity contribution is -0.155. The number of rotatable bonds is 6. The largest absolute Gasteiger partial charge is 0.462 e. The Morgan fingerprint density at radius 2 is 1.88 bits per heavy atom. The fourth-order valence-corrected chi connectivity index (χ4v) is 8.47. The molecule has 1 saturated carbocycles. The van der Waals surface area contributed by atoms with Gasteiger partial charge in [-0.25, -0.2) is 0 Å². The zero-order valence-corrected chi connectivity index (χ0v) is 22.4. The highest BCUT2D eigenvalue weighted by Gasteiger charge is 2.55. The lowest BCUT2D eigenvalue weighted by Crippen LogP contribution is -2.48. The average molecular weight is 453 g/mol. The van der Waals surface area contributed by atoms with Crippen LogP contribution in [0.3, 0.4) is 0 Å². The van der Waals surface area contributed by atoms with Crippen molar-refractivity contribution in [1.29, 1.82) is 0 Å². The Balaban J connectivity index is 1.54. The predicted octanol–water partition coefficient (Wildman–Crippen LogP) is 8.44. The van der Waals surface area contributed by atoms with Crippen LogP contribution in [0.25, 0.3) is 0 Å². The summed E-state index contributed by atoms with van der Waals surface area (Å²) in [5.74, 6) is 3.08. The molecular formula is C31H48O2. The highest BCUT2D eigenvalue weighted by molar-refractivity contribution is 5.66. The first-order valence-electron chi connectivity index (χ1n) is 13.8. The van der Waals surface area contributed by atoms with E-state index in [2.05, 4.69) is 54.2 Å². The van der Waals surface area contributed by atoms with Crippen molar-refractivity contribution < 1.29 is 9.53 Å². The molecule has 0 aromatic heterocycles. The molecule has 0 spiro atoms. The van der Waals surface area contributed by atoms with Gasteiger partial charge in [-0.05, 0) is 109 Å². The number of hydrogen-bond donors (Lipinski definition) is 0. The smallest absolute Gasteiger partial charge is 0.302 e. The van der Waals surface area contributed by atoms with Gasteiger partial charge >= 0.3 is 5.97 Å². The minimum Gasteiger partial charge on any atom is -0.462 e. The van der Waals surface area contributed by atoms with Gasteiger partial charge < -0.3 is 4.74 Å². The molecule has 4 aliphatic carbocycles. The van der Waals surface area contributed by atoms with Crippen LogP contribution in [0.5, 0.6) is 0 Å². The summed E-state index contributed by atoms with van der Waals surface area (Å²) in [7, 11) is 0. The maximum Gasteiger partial charge on any atom is 0.302 e. The summed E-state index contributed by atoms with van der Waals surface area (Å²) in [5.41, 5.74) is 7.28. The Hall–Kier alpha value is -1.31. The Morgan fingerprint density at radius 1 is 1.15 bits per heavy atom. The van der Waals surface area contributed by atoms with Crippen LogP contribution in [0.4, 0.5) is 0 Å². The maximum atomic E-state index is 11.6. The number of carbonyl (C=O) groups is 1. The summed E-state index contributed by atoms with van der Waals surface area (Å²) in [6, 6.07) is 0. The van der Waals surface area contributed by atoms with E-state index in [4.69, 9.17) is 4.74 Å². The average Bonchev–Trinajstić information content (AvgIpc) is 3.11. The van der Waals surface area contributed by atoms with Crippen molar-refractivity contribution in [3.8, 4) is 0 Å². The van der Waals surface area contributed by atoms with Gasteiger partial charge in [-0.15, -0.1) is 0 Å². The first kappa shape index (κ1) is 24.8. The van der Waals surface area contributed by atoms with Crippen molar-refractivity contribution in [2.75, 3.05) is 0 Å². The summed E-state index contributed by atoms with van der Waals surface area (Å²) >= 11 is 0. The normalized spacial score (nSPS) is 38.8. The van der Waals surface area contributed by atoms with Crippen LogP contribution >= 0.6 is 0 Å². The quantitative estimate of drug-likeness (QED) is 0.298. The molecule has 0 amide bonds. The molecule has 33 heavy (non-hydrogen) atoms. The monoisotopic (exact) mass is 452 g/mol. The molecule has 0 heterocycles. The second-order valence-electron chi connectivity index (χ2n) is 12.8. The standard InChI is InChI=1S/C31H48O2/c1-19(2)20(3)9-10-21(4)25-13-14-27-24-11-12-26-22(5)29(33-23(6)32)16-18-31(26,8)28(24)15-17-30(25,27)7/h14,19,21-22,25-26,29H,3,9-13,15-18H2,1-2,4-8H3. The molecule has 2 heteroatoms. The van der Waals surface area contributed by atoms with Crippen molar-refractivity contribution >= 4 is 5.97 Å². The van der Waals surface area contributed by atoms with E-state index < -0.39 is 0 Å². The van der Waals surface area contributed by atoms with Crippen molar-refractivity contribution in [3.05, 3.63) is 34.9 Å². The molecule has 7 atom stereocenters. The number of fused-ring (bicyclic) bond motifs is 4. The number of carbonyl (C=O) groups excluding carboxylic acids is 1. The van der Waals surface area contributed by atoms with Crippen molar-refractivity contribution in [2.24, 2.45) is 40.4 Å². The highest BCUT2D eigenvalue weighted by Crippen LogP contribution is 2.65. The zero-order chi connectivity index (χ0) is 24.1. The van der Waals surface area contributed by atoms with E-state index in [1.165, 1.54) is 56.9 Å². The Labute approximate surface area is 203 Å². The van der Waals surface area contributed by atoms with Crippen molar-refractivity contribution in [2.45, 2.75) is 112 Å². The van der Waals surface area contributed by atoms with Gasteiger partial charge in [0.15, 0.2) is 0 Å². The third-order valence-electron chi connectivity index (χ3n) is 10.7. The third-order valence-corrected chi connectivity index (χ3v) is 10.7. The number of hydrogen-bond acceptors (Lipinski definition) is 2. The van der Waals surface area contributed by atoms with Gasteiger partial charge in [-0.3, -0.25) is 4.79 Å². The first-order chi connectivity index (χ1) is 15.5. The molecule has 4 rings (SSSR count). The van der Waals surface area contributed by atoms with E-state index in [0.29, 0.717) is 23.2 Å². The summed E-state index contributed by atoms with van der Waals surface area (Å²) < 4.78 is 5.74. The number of ether oxygens (including phenoxy) is 1. The molecular weight excluding hydrogens is 404 g/mol. The van der Waals surface area contributed by atoms with E-state index in [0.717, 1.165) is 18.3 Å². The summed E-state index contributed by atoms with van der Waals surface area (Å²) in [6.07, 6.45) is 13.7. The topological polar surface area (TPSA) is 26.3 Å². The Kier molecular flexibility index (Phi) is 6.80. The molecule has 0 N–H and O–H groups in total. The lowest BCUT2D eigenvalue weighted by atomic mass is 9.49. The molecule has 2 nitrogen and oxygen atoms in total. The lowest BCUT2D eigenvalue weighted by Gasteiger charge is -2.56. The van der Waals surface area contributed by atoms with Gasteiger partial charge in [-0.2, -0.15) is 0 Å². The van der Waals surface area contributed by atoms with E-state index in [1.54, 1.807) is 23.6 Å². The second kappa shape index (κ2) is 9.04. The number of allylic oxidation sites excluding steroid dienone is 5. The molecule has 0 saturated heterocycles.